The largest absolute Gasteiger partial charge is 0.478 e. The van der Waals surface area contributed by atoms with Crippen LogP contribution in [-0.4, -0.2) is 26.8 Å². The molecule has 1 heterocycles. The van der Waals surface area contributed by atoms with Gasteiger partial charge >= 0.3 is 5.97 Å². The third kappa shape index (κ3) is 3.07. The van der Waals surface area contributed by atoms with E-state index in [4.69, 9.17) is 0 Å². The van der Waals surface area contributed by atoms with Crippen LogP contribution in [0.25, 0.3) is 22.2 Å². The molecule has 0 radical (unpaired) electrons. The molecule has 3 aromatic rings. The molecule has 2 aromatic carbocycles. The number of hydrogen-bond donors (Lipinski definition) is 1. The van der Waals surface area contributed by atoms with E-state index < -0.39 is 10.9 Å². The van der Waals surface area contributed by atoms with Crippen molar-refractivity contribution in [1.82, 2.24) is 4.98 Å². The maximum atomic E-state index is 11.6. The van der Waals surface area contributed by atoms with Crippen LogP contribution in [0, 0.1) is 10.1 Å². The number of nitro benzene ring substituents is 1. The number of Topliss-reactive ketones (excluding diaryl/α,β-unsaturated/α-hetero) is 1. The molecule has 0 amide bonds. The lowest BCUT2D eigenvalue weighted by Gasteiger charge is -2.08. The van der Waals surface area contributed by atoms with Crippen molar-refractivity contribution in [2.75, 3.05) is 0 Å². The van der Waals surface area contributed by atoms with Gasteiger partial charge in [0.15, 0.2) is 5.78 Å². The number of benzene rings is 2. The van der Waals surface area contributed by atoms with Gasteiger partial charge in [-0.25, -0.2) is 9.78 Å². The Bertz CT molecular complexity index is 1030. The van der Waals surface area contributed by atoms with Gasteiger partial charge in [0.2, 0.25) is 0 Å². The number of fused-ring (bicyclic) bond motifs is 1. The van der Waals surface area contributed by atoms with Gasteiger partial charge in [0, 0.05) is 28.6 Å². The zero-order chi connectivity index (χ0) is 18.1. The van der Waals surface area contributed by atoms with Crippen LogP contribution in [0.5, 0.6) is 0 Å². The van der Waals surface area contributed by atoms with E-state index in [1.165, 1.54) is 43.3 Å². The highest BCUT2D eigenvalue weighted by molar-refractivity contribution is 6.06. The first-order chi connectivity index (χ1) is 11.9. The van der Waals surface area contributed by atoms with E-state index in [2.05, 4.69) is 4.98 Å². The molecule has 0 unspecified atom stereocenters. The van der Waals surface area contributed by atoms with Crippen molar-refractivity contribution in [2.45, 2.75) is 6.92 Å². The molecule has 0 saturated carbocycles. The van der Waals surface area contributed by atoms with Gasteiger partial charge in [-0.05, 0) is 43.3 Å². The van der Waals surface area contributed by atoms with Gasteiger partial charge in [0.25, 0.3) is 5.69 Å². The maximum Gasteiger partial charge on any atom is 0.336 e. The number of carbonyl (C=O) groups excluding carboxylic acids is 1. The second-order valence-corrected chi connectivity index (χ2v) is 5.45. The Morgan fingerprint density at radius 1 is 1.08 bits per heavy atom. The van der Waals surface area contributed by atoms with E-state index >= 15 is 0 Å². The number of carbonyl (C=O) groups is 2. The van der Waals surface area contributed by atoms with Crippen LogP contribution >= 0.6 is 0 Å². The smallest absolute Gasteiger partial charge is 0.336 e. The highest BCUT2D eigenvalue weighted by Gasteiger charge is 2.15. The van der Waals surface area contributed by atoms with Crippen molar-refractivity contribution in [3.63, 3.8) is 0 Å². The number of aromatic carboxylic acids is 1. The predicted molar refractivity (Wildman–Crippen MR) is 90.8 cm³/mol. The first-order valence-corrected chi connectivity index (χ1v) is 7.30. The van der Waals surface area contributed by atoms with Gasteiger partial charge in [-0.2, -0.15) is 0 Å². The molecular weight excluding hydrogens is 324 g/mol. The number of pyridine rings is 1. The molecule has 124 valence electrons. The van der Waals surface area contributed by atoms with Crippen LogP contribution in [0.3, 0.4) is 0 Å². The summed E-state index contributed by atoms with van der Waals surface area (Å²) in [6.45, 7) is 1.40. The second-order valence-electron chi connectivity index (χ2n) is 5.45. The van der Waals surface area contributed by atoms with Crippen LogP contribution < -0.4 is 0 Å². The standard InChI is InChI=1S/C18H12N2O5/c1-10(21)12-4-7-16-14(8-12)15(18(22)23)9-17(19-16)11-2-5-13(6-3-11)20(24)25/h2-9H,1H3,(H,22,23). The van der Waals surface area contributed by atoms with Crippen LogP contribution in [0.15, 0.2) is 48.5 Å². The minimum atomic E-state index is -1.14. The Morgan fingerprint density at radius 3 is 2.32 bits per heavy atom. The molecule has 0 saturated heterocycles. The molecule has 1 aromatic heterocycles. The number of ketones is 1. The van der Waals surface area contributed by atoms with Crippen LogP contribution in [0.1, 0.15) is 27.6 Å². The topological polar surface area (TPSA) is 110 Å². The SMILES string of the molecule is CC(=O)c1ccc2nc(-c3ccc([N+](=O)[O-])cc3)cc(C(=O)O)c2c1. The average molecular weight is 336 g/mol. The number of nitrogens with zero attached hydrogens (tertiary/aromatic N) is 2. The fraction of sp³-hybridized carbons (Fsp3) is 0.0556. The average Bonchev–Trinajstić information content (AvgIpc) is 2.60. The van der Waals surface area contributed by atoms with Gasteiger partial charge in [-0.1, -0.05) is 0 Å². The number of hydrogen-bond acceptors (Lipinski definition) is 5. The summed E-state index contributed by atoms with van der Waals surface area (Å²) in [5.74, 6) is -1.31. The van der Waals surface area contributed by atoms with Crippen LogP contribution in [-0.2, 0) is 0 Å². The maximum absolute atomic E-state index is 11.6. The molecule has 25 heavy (non-hydrogen) atoms. The molecular formula is C18H12N2O5. The fourth-order valence-corrected chi connectivity index (χ4v) is 2.52. The lowest BCUT2D eigenvalue weighted by atomic mass is 10.0. The first-order valence-electron chi connectivity index (χ1n) is 7.30. The van der Waals surface area contributed by atoms with Crippen molar-refractivity contribution >= 4 is 28.3 Å². The summed E-state index contributed by atoms with van der Waals surface area (Å²) < 4.78 is 0. The quantitative estimate of drug-likeness (QED) is 0.442. The third-order valence-corrected chi connectivity index (χ3v) is 3.82. The summed E-state index contributed by atoms with van der Waals surface area (Å²) in [4.78, 5) is 37.8. The molecule has 1 N–H and O–H groups in total. The Kier molecular flexibility index (Phi) is 3.98. The highest BCUT2D eigenvalue weighted by atomic mass is 16.6. The monoisotopic (exact) mass is 336 g/mol. The van der Waals surface area contributed by atoms with Crippen molar-refractivity contribution in [3.05, 3.63) is 69.8 Å². The molecule has 0 aliphatic heterocycles. The van der Waals surface area contributed by atoms with E-state index in [-0.39, 0.29) is 17.0 Å². The Balaban J connectivity index is 2.20. The second kappa shape index (κ2) is 6.12. The molecule has 7 nitrogen and oxygen atoms in total. The summed E-state index contributed by atoms with van der Waals surface area (Å²) in [6, 6.07) is 11.8. The lowest BCUT2D eigenvalue weighted by molar-refractivity contribution is -0.384. The van der Waals surface area contributed by atoms with Crippen molar-refractivity contribution < 1.29 is 19.6 Å². The normalized spacial score (nSPS) is 10.6. The van der Waals surface area contributed by atoms with Crippen LogP contribution in [0.2, 0.25) is 0 Å². The summed E-state index contributed by atoms with van der Waals surface area (Å²) in [5.41, 5.74) is 1.73. The molecule has 0 aliphatic carbocycles. The minimum Gasteiger partial charge on any atom is -0.478 e. The number of nitro groups is 1. The number of non-ortho nitro benzene ring substituents is 1. The zero-order valence-corrected chi connectivity index (χ0v) is 13.1. The highest BCUT2D eigenvalue weighted by Crippen LogP contribution is 2.27. The lowest BCUT2D eigenvalue weighted by Crippen LogP contribution is -2.02. The van der Waals surface area contributed by atoms with E-state index in [9.17, 15) is 24.8 Å². The van der Waals surface area contributed by atoms with Crippen LogP contribution in [0.4, 0.5) is 5.69 Å². The predicted octanol–water partition coefficient (Wildman–Crippen LogP) is 3.71. The first kappa shape index (κ1) is 16.3. The molecule has 0 fully saturated rings. The van der Waals surface area contributed by atoms with E-state index in [1.54, 1.807) is 12.1 Å². The number of carboxylic acids is 1. The number of carboxylic acid groups (broad SMARTS) is 1. The van der Waals surface area contributed by atoms with E-state index in [0.717, 1.165) is 0 Å². The fourth-order valence-electron chi connectivity index (χ4n) is 2.52. The van der Waals surface area contributed by atoms with E-state index in [0.29, 0.717) is 27.7 Å². The van der Waals surface area contributed by atoms with Gasteiger partial charge < -0.3 is 5.11 Å². The summed E-state index contributed by atoms with van der Waals surface area (Å²) in [7, 11) is 0. The zero-order valence-electron chi connectivity index (χ0n) is 13.1. The Morgan fingerprint density at radius 2 is 1.76 bits per heavy atom. The van der Waals surface area contributed by atoms with Gasteiger partial charge in [-0.3, -0.25) is 14.9 Å². The van der Waals surface area contributed by atoms with Crippen molar-refractivity contribution in [2.24, 2.45) is 0 Å². The number of rotatable bonds is 4. The molecule has 7 heteroatoms. The molecule has 0 atom stereocenters. The Hall–Kier alpha value is -3.61. The summed E-state index contributed by atoms with van der Waals surface area (Å²) >= 11 is 0. The van der Waals surface area contributed by atoms with E-state index in [1.807, 2.05) is 0 Å². The summed E-state index contributed by atoms with van der Waals surface area (Å²) in [5, 5.41) is 20.6. The van der Waals surface area contributed by atoms with Crippen molar-refractivity contribution in [1.29, 1.82) is 0 Å². The van der Waals surface area contributed by atoms with Gasteiger partial charge in [0.1, 0.15) is 0 Å². The third-order valence-electron chi connectivity index (χ3n) is 3.82. The molecule has 3 rings (SSSR count). The van der Waals surface area contributed by atoms with Crippen molar-refractivity contribution in [3.8, 4) is 11.3 Å². The summed E-state index contributed by atoms with van der Waals surface area (Å²) in [6.07, 6.45) is 0. The number of aromatic nitrogens is 1. The molecule has 0 aliphatic rings. The Labute approximate surface area is 141 Å². The molecule has 0 bridgehead atoms. The minimum absolute atomic E-state index is 0.0152. The molecule has 0 spiro atoms. The van der Waals surface area contributed by atoms with Gasteiger partial charge in [-0.15, -0.1) is 0 Å². The van der Waals surface area contributed by atoms with Gasteiger partial charge in [0.05, 0.1) is 21.7 Å².